The Kier molecular flexibility index (Phi) is 4.55. The molecule has 3 rings (SSSR count). The van der Waals surface area contributed by atoms with Gasteiger partial charge in [0.25, 0.3) is 0 Å². The zero-order chi connectivity index (χ0) is 14.8. The Morgan fingerprint density at radius 1 is 1.29 bits per heavy atom. The molecular weight excluding hydrogens is 330 g/mol. The first-order chi connectivity index (χ1) is 10.2. The lowest BCUT2D eigenvalue weighted by Gasteiger charge is -2.36. The predicted molar refractivity (Wildman–Crippen MR) is 88.1 cm³/mol. The average molecular weight is 352 g/mol. The number of hydrogen-bond donors (Lipinski definition) is 0. The van der Waals surface area contributed by atoms with Crippen LogP contribution in [-0.2, 0) is 0 Å². The minimum Gasteiger partial charge on any atom is -0.493 e. The molecule has 2 aliphatic rings. The molecule has 1 aliphatic heterocycles. The van der Waals surface area contributed by atoms with E-state index in [4.69, 9.17) is 9.47 Å². The second-order valence-electron chi connectivity index (χ2n) is 5.89. The third kappa shape index (κ3) is 3.11. The molecule has 21 heavy (non-hydrogen) atoms. The highest BCUT2D eigenvalue weighted by atomic mass is 79.9. The molecule has 1 unspecified atom stereocenters. The maximum Gasteiger partial charge on any atom is 0.176 e. The molecule has 0 aromatic heterocycles. The summed E-state index contributed by atoms with van der Waals surface area (Å²) >= 11 is 3.58. The summed E-state index contributed by atoms with van der Waals surface area (Å²) in [6.07, 6.45) is 4.88. The normalized spacial score (nSPS) is 22.9. The number of halogens is 1. The van der Waals surface area contributed by atoms with Crippen molar-refractivity contribution < 1.29 is 9.47 Å². The molecule has 0 N–H and O–H groups in total. The van der Waals surface area contributed by atoms with Crippen LogP contribution in [0.2, 0.25) is 0 Å². The summed E-state index contributed by atoms with van der Waals surface area (Å²) in [5.74, 6) is 1.63. The van der Waals surface area contributed by atoms with E-state index in [0.29, 0.717) is 0 Å². The highest BCUT2D eigenvalue weighted by Crippen LogP contribution is 2.39. The molecule has 0 saturated carbocycles. The van der Waals surface area contributed by atoms with Gasteiger partial charge in [0.2, 0.25) is 0 Å². The monoisotopic (exact) mass is 351 g/mol. The van der Waals surface area contributed by atoms with E-state index >= 15 is 0 Å². The van der Waals surface area contributed by atoms with E-state index in [1.54, 1.807) is 12.7 Å². The van der Waals surface area contributed by atoms with Gasteiger partial charge in [-0.1, -0.05) is 11.6 Å². The fourth-order valence-electron chi connectivity index (χ4n) is 3.33. The van der Waals surface area contributed by atoms with E-state index in [2.05, 4.69) is 27.9 Å². The molecule has 0 spiro atoms. The lowest BCUT2D eigenvalue weighted by Crippen LogP contribution is -2.35. The van der Waals surface area contributed by atoms with Crippen LogP contribution in [0.1, 0.15) is 25.7 Å². The number of likely N-dealkylation sites (N-methyl/N-ethyl adjacent to an activating group) is 1. The first-order valence-electron chi connectivity index (χ1n) is 7.57. The first kappa shape index (κ1) is 14.9. The average Bonchev–Trinajstić information content (AvgIpc) is 2.49. The fraction of sp³-hybridized carbons (Fsp3) is 0.529. The van der Waals surface area contributed by atoms with Gasteiger partial charge in [0.1, 0.15) is 6.10 Å². The predicted octanol–water partition coefficient (Wildman–Crippen LogP) is 4.02. The van der Waals surface area contributed by atoms with Crippen molar-refractivity contribution in [3.63, 3.8) is 0 Å². The van der Waals surface area contributed by atoms with Crippen LogP contribution in [0.4, 0.5) is 0 Å². The summed E-state index contributed by atoms with van der Waals surface area (Å²) in [7, 11) is 3.89. The van der Waals surface area contributed by atoms with Crippen molar-refractivity contribution in [3.05, 3.63) is 33.8 Å². The van der Waals surface area contributed by atoms with Gasteiger partial charge in [-0.25, -0.2) is 0 Å². The highest BCUT2D eigenvalue weighted by molar-refractivity contribution is 9.10. The molecule has 1 aromatic carbocycles. The maximum atomic E-state index is 6.36. The summed E-state index contributed by atoms with van der Waals surface area (Å²) in [6, 6.07) is 5.92. The Hall–Kier alpha value is -1.00. The largest absolute Gasteiger partial charge is 0.493 e. The van der Waals surface area contributed by atoms with Gasteiger partial charge in [0.15, 0.2) is 11.5 Å². The Morgan fingerprint density at radius 2 is 2.14 bits per heavy atom. The summed E-state index contributed by atoms with van der Waals surface area (Å²) in [5, 5.41) is 0. The second-order valence-corrected chi connectivity index (χ2v) is 6.74. The smallest absolute Gasteiger partial charge is 0.176 e. The van der Waals surface area contributed by atoms with Gasteiger partial charge in [-0.15, -0.1) is 0 Å². The minimum atomic E-state index is 0.204. The number of benzene rings is 1. The summed E-state index contributed by atoms with van der Waals surface area (Å²) in [5.41, 5.74) is 3.11. The summed E-state index contributed by atoms with van der Waals surface area (Å²) in [6.45, 7) is 2.23. The van der Waals surface area contributed by atoms with Crippen molar-refractivity contribution >= 4 is 15.9 Å². The van der Waals surface area contributed by atoms with Crippen molar-refractivity contribution in [2.75, 3.05) is 27.2 Å². The molecular formula is C17H22BrNO2. The van der Waals surface area contributed by atoms with Crippen LogP contribution in [-0.4, -0.2) is 38.3 Å². The molecule has 4 heteroatoms. The number of hydrogen-bond acceptors (Lipinski definition) is 3. The van der Waals surface area contributed by atoms with Crippen LogP contribution in [0.15, 0.2) is 33.8 Å². The Bertz CT molecular complexity index is 556. The molecule has 3 nitrogen and oxygen atoms in total. The van der Waals surface area contributed by atoms with Gasteiger partial charge in [0.05, 0.1) is 11.6 Å². The van der Waals surface area contributed by atoms with Crippen molar-refractivity contribution in [2.45, 2.75) is 31.8 Å². The van der Waals surface area contributed by atoms with Gasteiger partial charge < -0.3 is 14.4 Å². The van der Waals surface area contributed by atoms with Gasteiger partial charge >= 0.3 is 0 Å². The van der Waals surface area contributed by atoms with Gasteiger partial charge in [-0.3, -0.25) is 0 Å². The standard InChI is InChI=1S/C17H22BrNO2/c1-19-10-9-13-12(11-19)5-3-7-15(13)21-17-14(18)6-4-8-16(17)20-2/h4,6,8,15H,3,5,7,9-11H2,1-2H3. The molecule has 0 amide bonds. The van der Waals surface area contributed by atoms with Crippen molar-refractivity contribution in [3.8, 4) is 11.5 Å². The van der Waals surface area contributed by atoms with Gasteiger partial charge in [-0.2, -0.15) is 0 Å². The quantitative estimate of drug-likeness (QED) is 0.767. The highest BCUT2D eigenvalue weighted by Gasteiger charge is 2.29. The first-order valence-corrected chi connectivity index (χ1v) is 8.37. The van der Waals surface area contributed by atoms with Crippen molar-refractivity contribution in [1.29, 1.82) is 0 Å². The summed E-state index contributed by atoms with van der Waals surface area (Å²) in [4.78, 5) is 2.40. The number of nitrogens with zero attached hydrogens (tertiary/aromatic N) is 1. The molecule has 0 fully saturated rings. The topological polar surface area (TPSA) is 21.7 Å². The van der Waals surface area contributed by atoms with E-state index in [-0.39, 0.29) is 6.10 Å². The Balaban J connectivity index is 1.86. The molecule has 1 aliphatic carbocycles. The van der Waals surface area contributed by atoms with E-state index < -0.39 is 0 Å². The van der Waals surface area contributed by atoms with Gasteiger partial charge in [-0.05, 0) is 66.4 Å². The van der Waals surface area contributed by atoms with Crippen LogP contribution in [0.5, 0.6) is 11.5 Å². The molecule has 0 bridgehead atoms. The number of ether oxygens (including phenoxy) is 2. The molecule has 0 saturated heterocycles. The van der Waals surface area contributed by atoms with Crippen LogP contribution in [0.3, 0.4) is 0 Å². The summed E-state index contributed by atoms with van der Waals surface area (Å²) < 4.78 is 12.8. The second kappa shape index (κ2) is 6.41. The molecule has 1 aromatic rings. The lowest BCUT2D eigenvalue weighted by molar-refractivity contribution is 0.185. The minimum absolute atomic E-state index is 0.204. The van der Waals surface area contributed by atoms with Crippen LogP contribution in [0, 0.1) is 0 Å². The van der Waals surface area contributed by atoms with Gasteiger partial charge in [0, 0.05) is 13.1 Å². The Morgan fingerprint density at radius 3 is 2.95 bits per heavy atom. The zero-order valence-electron chi connectivity index (χ0n) is 12.7. The van der Waals surface area contributed by atoms with E-state index in [0.717, 1.165) is 41.9 Å². The third-order valence-corrected chi connectivity index (χ3v) is 5.05. The molecule has 0 radical (unpaired) electrons. The van der Waals surface area contributed by atoms with Crippen LogP contribution >= 0.6 is 15.9 Å². The van der Waals surface area contributed by atoms with Crippen molar-refractivity contribution in [1.82, 2.24) is 4.90 Å². The van der Waals surface area contributed by atoms with E-state index in [9.17, 15) is 0 Å². The third-order valence-electron chi connectivity index (χ3n) is 4.42. The number of rotatable bonds is 3. The maximum absolute atomic E-state index is 6.36. The lowest BCUT2D eigenvalue weighted by atomic mass is 9.85. The zero-order valence-corrected chi connectivity index (χ0v) is 14.3. The number of methoxy groups -OCH3 is 1. The molecule has 1 atom stereocenters. The van der Waals surface area contributed by atoms with Crippen LogP contribution < -0.4 is 9.47 Å². The molecule has 114 valence electrons. The molecule has 1 heterocycles. The number of para-hydroxylation sites is 1. The van der Waals surface area contributed by atoms with E-state index in [1.165, 1.54) is 18.4 Å². The fourth-order valence-corrected chi connectivity index (χ4v) is 3.78. The van der Waals surface area contributed by atoms with Crippen molar-refractivity contribution in [2.24, 2.45) is 0 Å². The SMILES string of the molecule is COc1cccc(Br)c1OC1CCCC2=C1CCN(C)C2. The Labute approximate surface area is 135 Å². The van der Waals surface area contributed by atoms with E-state index in [1.807, 2.05) is 18.2 Å². The van der Waals surface area contributed by atoms with Crippen LogP contribution in [0.25, 0.3) is 0 Å².